The average molecular weight is 681 g/mol. The summed E-state index contributed by atoms with van der Waals surface area (Å²) in [5, 5.41) is 9.56. The van der Waals surface area contributed by atoms with E-state index in [0.717, 1.165) is 43.9 Å². The van der Waals surface area contributed by atoms with Crippen LogP contribution < -0.4 is 0 Å². The molecule has 0 spiro atoms. The van der Waals surface area contributed by atoms with E-state index in [1.807, 2.05) is 0 Å². The molecule has 0 bridgehead atoms. The van der Waals surface area contributed by atoms with Crippen molar-refractivity contribution in [2.24, 2.45) is 11.8 Å². The van der Waals surface area contributed by atoms with E-state index in [9.17, 15) is 14.7 Å². The SMILES string of the molecule is CCC(C)CCCCCCCCCCCCCCCCCCCCC(=O)OC[C@H](CO)OC(=O)CCCCCCCCCCC(C)CC. The molecule has 1 N–H and O–H groups in total. The van der Waals surface area contributed by atoms with Gasteiger partial charge in [0.25, 0.3) is 0 Å². The number of carbonyl (C=O) groups excluding carboxylic acids is 2. The quantitative estimate of drug-likeness (QED) is 0.0519. The molecule has 48 heavy (non-hydrogen) atoms. The van der Waals surface area contributed by atoms with Crippen molar-refractivity contribution in [2.45, 2.75) is 239 Å². The molecule has 0 saturated heterocycles. The second-order valence-electron chi connectivity index (χ2n) is 15.3. The first-order chi connectivity index (χ1) is 23.4. The molecule has 0 heterocycles. The van der Waals surface area contributed by atoms with Crippen molar-refractivity contribution < 1.29 is 24.2 Å². The maximum absolute atomic E-state index is 12.1. The first kappa shape index (κ1) is 46.9. The van der Waals surface area contributed by atoms with Gasteiger partial charge in [0.2, 0.25) is 0 Å². The highest BCUT2D eigenvalue weighted by Gasteiger charge is 2.16. The lowest BCUT2D eigenvalue weighted by molar-refractivity contribution is -0.161. The van der Waals surface area contributed by atoms with Crippen LogP contribution in [0.2, 0.25) is 0 Å². The van der Waals surface area contributed by atoms with Gasteiger partial charge in [-0.1, -0.05) is 207 Å². The smallest absolute Gasteiger partial charge is 0.306 e. The van der Waals surface area contributed by atoms with Crippen LogP contribution in [-0.2, 0) is 19.1 Å². The van der Waals surface area contributed by atoms with E-state index in [4.69, 9.17) is 9.47 Å². The van der Waals surface area contributed by atoms with Gasteiger partial charge in [-0.25, -0.2) is 0 Å². The van der Waals surface area contributed by atoms with E-state index in [1.165, 1.54) is 161 Å². The molecule has 0 aromatic rings. The van der Waals surface area contributed by atoms with Crippen LogP contribution in [0.1, 0.15) is 233 Å². The Hall–Kier alpha value is -1.10. The molecule has 0 fully saturated rings. The summed E-state index contributed by atoms with van der Waals surface area (Å²) in [4.78, 5) is 24.3. The summed E-state index contributed by atoms with van der Waals surface area (Å²) in [6, 6.07) is 0. The Morgan fingerprint density at radius 2 is 0.750 bits per heavy atom. The van der Waals surface area contributed by atoms with Gasteiger partial charge in [0.15, 0.2) is 6.10 Å². The number of hydrogen-bond acceptors (Lipinski definition) is 5. The van der Waals surface area contributed by atoms with E-state index in [-0.39, 0.29) is 25.2 Å². The summed E-state index contributed by atoms with van der Waals surface area (Å²) < 4.78 is 10.6. The fraction of sp³-hybridized carbons (Fsp3) is 0.953. The third-order valence-corrected chi connectivity index (χ3v) is 10.5. The monoisotopic (exact) mass is 681 g/mol. The highest BCUT2D eigenvalue weighted by atomic mass is 16.6. The number of unbranched alkanes of at least 4 members (excludes halogenated alkanes) is 24. The van der Waals surface area contributed by atoms with Crippen LogP contribution >= 0.6 is 0 Å². The van der Waals surface area contributed by atoms with Gasteiger partial charge in [-0.2, -0.15) is 0 Å². The molecule has 0 aromatic heterocycles. The second kappa shape index (κ2) is 37.2. The van der Waals surface area contributed by atoms with Gasteiger partial charge >= 0.3 is 11.9 Å². The van der Waals surface area contributed by atoms with Crippen LogP contribution in [0.5, 0.6) is 0 Å². The fourth-order valence-electron chi connectivity index (χ4n) is 6.45. The number of aliphatic hydroxyl groups excluding tert-OH is 1. The van der Waals surface area contributed by atoms with Gasteiger partial charge in [-0.05, 0) is 24.7 Å². The van der Waals surface area contributed by atoms with Crippen LogP contribution in [0.3, 0.4) is 0 Å². The molecule has 0 amide bonds. The van der Waals surface area contributed by atoms with Gasteiger partial charge < -0.3 is 14.6 Å². The Bertz CT molecular complexity index is 680. The van der Waals surface area contributed by atoms with Gasteiger partial charge in [-0.15, -0.1) is 0 Å². The molecule has 3 atom stereocenters. The summed E-state index contributed by atoms with van der Waals surface area (Å²) in [6.07, 6.45) is 38.8. The molecule has 5 nitrogen and oxygen atoms in total. The molecular weight excluding hydrogens is 596 g/mol. The number of hydrogen-bond donors (Lipinski definition) is 1. The van der Waals surface area contributed by atoms with E-state index in [1.54, 1.807) is 0 Å². The molecule has 5 heteroatoms. The molecule has 0 aliphatic heterocycles. The van der Waals surface area contributed by atoms with Crippen LogP contribution in [0, 0.1) is 11.8 Å². The van der Waals surface area contributed by atoms with Crippen LogP contribution in [0.25, 0.3) is 0 Å². The minimum atomic E-state index is -0.763. The topological polar surface area (TPSA) is 72.8 Å². The van der Waals surface area contributed by atoms with E-state index >= 15 is 0 Å². The lowest BCUT2D eigenvalue weighted by atomic mass is 9.99. The predicted molar refractivity (Wildman–Crippen MR) is 205 cm³/mol. The van der Waals surface area contributed by atoms with Crippen molar-refractivity contribution in [2.75, 3.05) is 13.2 Å². The van der Waals surface area contributed by atoms with Gasteiger partial charge in [0, 0.05) is 12.8 Å². The minimum absolute atomic E-state index is 0.0587. The molecule has 0 rings (SSSR count). The van der Waals surface area contributed by atoms with Gasteiger partial charge in [0.1, 0.15) is 6.61 Å². The highest BCUT2D eigenvalue weighted by Crippen LogP contribution is 2.18. The molecule has 0 aromatic carbocycles. The van der Waals surface area contributed by atoms with Crippen molar-refractivity contribution in [1.29, 1.82) is 0 Å². The zero-order valence-corrected chi connectivity index (χ0v) is 32.9. The number of esters is 2. The summed E-state index contributed by atoms with van der Waals surface area (Å²) in [5.74, 6) is 1.19. The summed E-state index contributed by atoms with van der Waals surface area (Å²) >= 11 is 0. The van der Waals surface area contributed by atoms with Crippen LogP contribution in [0.15, 0.2) is 0 Å². The van der Waals surface area contributed by atoms with Crippen LogP contribution in [0.4, 0.5) is 0 Å². The predicted octanol–water partition coefficient (Wildman–Crippen LogP) is 13.2. The number of ether oxygens (including phenoxy) is 2. The van der Waals surface area contributed by atoms with Crippen molar-refractivity contribution in [3.05, 3.63) is 0 Å². The van der Waals surface area contributed by atoms with E-state index in [2.05, 4.69) is 27.7 Å². The Morgan fingerprint density at radius 1 is 0.458 bits per heavy atom. The third-order valence-electron chi connectivity index (χ3n) is 10.5. The first-order valence-corrected chi connectivity index (χ1v) is 21.4. The summed E-state index contributed by atoms with van der Waals surface area (Å²) in [6.45, 7) is 8.91. The average Bonchev–Trinajstić information content (AvgIpc) is 3.09. The van der Waals surface area contributed by atoms with Gasteiger partial charge in [0.05, 0.1) is 6.61 Å². The van der Waals surface area contributed by atoms with Crippen molar-refractivity contribution in [3.63, 3.8) is 0 Å². The maximum atomic E-state index is 12.1. The van der Waals surface area contributed by atoms with Gasteiger partial charge in [-0.3, -0.25) is 9.59 Å². The highest BCUT2D eigenvalue weighted by molar-refractivity contribution is 5.70. The second-order valence-corrected chi connectivity index (χ2v) is 15.3. The minimum Gasteiger partial charge on any atom is -0.462 e. The largest absolute Gasteiger partial charge is 0.462 e. The fourth-order valence-corrected chi connectivity index (χ4v) is 6.45. The Morgan fingerprint density at radius 3 is 1.06 bits per heavy atom. The van der Waals surface area contributed by atoms with Crippen molar-refractivity contribution in [1.82, 2.24) is 0 Å². The first-order valence-electron chi connectivity index (χ1n) is 21.4. The Balaban J connectivity index is 3.46. The van der Waals surface area contributed by atoms with E-state index < -0.39 is 6.10 Å². The number of rotatable bonds is 38. The number of aliphatic hydroxyl groups is 1. The van der Waals surface area contributed by atoms with Crippen molar-refractivity contribution in [3.8, 4) is 0 Å². The zero-order valence-electron chi connectivity index (χ0n) is 32.9. The lowest BCUT2D eigenvalue weighted by Crippen LogP contribution is -2.28. The molecular formula is C43H84O5. The van der Waals surface area contributed by atoms with Crippen LogP contribution in [-0.4, -0.2) is 36.4 Å². The standard InChI is InChI=1S/C43H84O5/c1-5-39(3)33-29-25-21-17-15-13-11-9-7-8-10-12-14-16-18-23-27-31-35-42(45)47-38-41(37-44)48-43(46)36-32-28-24-20-19-22-26-30-34-40(4)6-2/h39-41,44H,5-38H2,1-4H3/t39?,40?,41-/m0/s1. The molecule has 0 saturated carbocycles. The lowest BCUT2D eigenvalue weighted by Gasteiger charge is -2.15. The Labute approximate surface area is 299 Å². The molecule has 0 aliphatic rings. The zero-order chi connectivity index (χ0) is 35.3. The molecule has 2 unspecified atom stereocenters. The van der Waals surface area contributed by atoms with Crippen molar-refractivity contribution >= 4 is 11.9 Å². The molecule has 0 radical (unpaired) electrons. The molecule has 0 aliphatic carbocycles. The Kier molecular flexibility index (Phi) is 36.3. The maximum Gasteiger partial charge on any atom is 0.306 e. The third kappa shape index (κ3) is 34.8. The molecule has 286 valence electrons. The van der Waals surface area contributed by atoms with E-state index in [0.29, 0.717) is 12.8 Å². The summed E-state index contributed by atoms with van der Waals surface area (Å²) in [7, 11) is 0. The normalized spacial score (nSPS) is 13.4. The summed E-state index contributed by atoms with van der Waals surface area (Å²) in [5.41, 5.74) is 0. The number of carbonyl (C=O) groups is 2.